The molecular weight excluding hydrogens is 504 g/mol. The lowest BCUT2D eigenvalue weighted by Crippen LogP contribution is -2.51. The van der Waals surface area contributed by atoms with Crippen molar-refractivity contribution in [3.05, 3.63) is 63.9 Å². The zero-order chi connectivity index (χ0) is 25.6. The molecule has 2 aromatic carbocycles. The van der Waals surface area contributed by atoms with Gasteiger partial charge in [-0.1, -0.05) is 55.2 Å². The second-order valence-electron chi connectivity index (χ2n) is 8.26. The molecule has 0 unspecified atom stereocenters. The third kappa shape index (κ3) is 7.32. The number of hydrogen-bond acceptors (Lipinski definition) is 4. The zero-order valence-electron chi connectivity index (χ0n) is 19.4. The molecule has 34 heavy (non-hydrogen) atoms. The van der Waals surface area contributed by atoms with Crippen molar-refractivity contribution in [2.45, 2.75) is 33.4 Å². The number of halogens is 3. The van der Waals surface area contributed by atoms with Crippen molar-refractivity contribution in [3.8, 4) is 0 Å². The van der Waals surface area contributed by atoms with Crippen LogP contribution in [0.25, 0.3) is 0 Å². The summed E-state index contributed by atoms with van der Waals surface area (Å²) in [5, 5.41) is 3.34. The number of carbonyl (C=O) groups excluding carboxylic acids is 2. The Hall–Kier alpha value is -2.36. The number of nitrogens with one attached hydrogen (secondary N) is 1. The first-order chi connectivity index (χ1) is 15.8. The van der Waals surface area contributed by atoms with Crippen LogP contribution in [-0.4, -0.2) is 50.5 Å². The number of rotatable bonds is 10. The highest BCUT2D eigenvalue weighted by Gasteiger charge is 2.31. The van der Waals surface area contributed by atoms with Gasteiger partial charge in [0.25, 0.3) is 0 Å². The molecule has 2 aromatic rings. The standard InChI is InChI=1S/C23H28Cl2FN3O4S/c1-15(2)12-27-23(31)16(3)28(13-17-18(24)8-7-9-19(17)25)22(30)14-29(34(4,32)33)21-11-6-5-10-20(21)26/h5-11,15-16H,12-14H2,1-4H3,(H,27,31)/t16-/m0/s1. The van der Waals surface area contributed by atoms with Crippen LogP contribution in [0.5, 0.6) is 0 Å². The van der Waals surface area contributed by atoms with E-state index in [1.807, 2.05) is 13.8 Å². The van der Waals surface area contributed by atoms with Crippen molar-refractivity contribution in [2.24, 2.45) is 5.92 Å². The molecule has 0 spiro atoms. The highest BCUT2D eigenvalue weighted by Crippen LogP contribution is 2.27. The summed E-state index contributed by atoms with van der Waals surface area (Å²) in [4.78, 5) is 27.4. The average molecular weight is 532 g/mol. The van der Waals surface area contributed by atoms with Gasteiger partial charge in [0.05, 0.1) is 11.9 Å². The lowest BCUT2D eigenvalue weighted by Gasteiger charge is -2.32. The highest BCUT2D eigenvalue weighted by atomic mass is 35.5. The molecule has 11 heteroatoms. The van der Waals surface area contributed by atoms with Crippen LogP contribution < -0.4 is 9.62 Å². The van der Waals surface area contributed by atoms with Gasteiger partial charge >= 0.3 is 0 Å². The second kappa shape index (κ2) is 11.9. The van der Waals surface area contributed by atoms with Gasteiger partial charge in [-0.2, -0.15) is 0 Å². The third-order valence-corrected chi connectivity index (χ3v) is 6.88. The van der Waals surface area contributed by atoms with Crippen molar-refractivity contribution >= 4 is 50.7 Å². The van der Waals surface area contributed by atoms with Crippen molar-refractivity contribution in [3.63, 3.8) is 0 Å². The SMILES string of the molecule is CC(C)CNC(=O)[C@H](C)N(Cc1c(Cl)cccc1Cl)C(=O)CN(c1ccccc1F)S(C)(=O)=O. The predicted molar refractivity (Wildman–Crippen MR) is 133 cm³/mol. The summed E-state index contributed by atoms with van der Waals surface area (Å²) < 4.78 is 40.0. The van der Waals surface area contributed by atoms with Crippen LogP contribution in [0.3, 0.4) is 0 Å². The molecule has 0 saturated heterocycles. The van der Waals surface area contributed by atoms with E-state index in [0.717, 1.165) is 12.3 Å². The van der Waals surface area contributed by atoms with Gasteiger partial charge in [0.15, 0.2) is 0 Å². The summed E-state index contributed by atoms with van der Waals surface area (Å²) in [5.74, 6) is -1.77. The van der Waals surface area contributed by atoms with E-state index in [4.69, 9.17) is 23.2 Å². The van der Waals surface area contributed by atoms with E-state index in [1.165, 1.54) is 30.0 Å². The normalized spacial score (nSPS) is 12.4. The average Bonchev–Trinajstić information content (AvgIpc) is 2.75. The van der Waals surface area contributed by atoms with Crippen LogP contribution in [0.15, 0.2) is 42.5 Å². The Kier molecular flexibility index (Phi) is 9.73. The van der Waals surface area contributed by atoms with Crippen LogP contribution in [0.2, 0.25) is 10.0 Å². The first-order valence-corrected chi connectivity index (χ1v) is 13.2. The maximum atomic E-state index is 14.4. The summed E-state index contributed by atoms with van der Waals surface area (Å²) in [5.41, 5.74) is 0.130. The van der Waals surface area contributed by atoms with Gasteiger partial charge in [0.1, 0.15) is 18.4 Å². The molecule has 0 fully saturated rings. The number of benzene rings is 2. The molecule has 0 aliphatic rings. The van der Waals surface area contributed by atoms with Crippen LogP contribution in [0.1, 0.15) is 26.3 Å². The van der Waals surface area contributed by atoms with E-state index in [2.05, 4.69) is 5.32 Å². The number of carbonyl (C=O) groups is 2. The number of anilines is 1. The minimum atomic E-state index is -4.03. The van der Waals surface area contributed by atoms with Gasteiger partial charge < -0.3 is 10.2 Å². The summed E-state index contributed by atoms with van der Waals surface area (Å²) in [6.45, 7) is 4.90. The fourth-order valence-corrected chi connectivity index (χ4v) is 4.50. The summed E-state index contributed by atoms with van der Waals surface area (Å²) in [7, 11) is -4.03. The maximum Gasteiger partial charge on any atom is 0.244 e. The Morgan fingerprint density at radius 2 is 1.62 bits per heavy atom. The molecule has 1 atom stereocenters. The van der Waals surface area contributed by atoms with E-state index < -0.39 is 40.2 Å². The smallest absolute Gasteiger partial charge is 0.244 e. The fourth-order valence-electron chi connectivity index (χ4n) is 3.14. The van der Waals surface area contributed by atoms with Crippen LogP contribution >= 0.6 is 23.2 Å². The molecule has 2 rings (SSSR count). The van der Waals surface area contributed by atoms with Gasteiger partial charge in [-0.25, -0.2) is 12.8 Å². The summed E-state index contributed by atoms with van der Waals surface area (Å²) in [6, 6.07) is 9.08. The molecule has 0 saturated carbocycles. The van der Waals surface area contributed by atoms with Crippen LogP contribution in [0.4, 0.5) is 10.1 Å². The van der Waals surface area contributed by atoms with Gasteiger partial charge in [-0.3, -0.25) is 13.9 Å². The number of nitrogens with zero attached hydrogens (tertiary/aromatic N) is 2. The van der Waals surface area contributed by atoms with E-state index in [1.54, 1.807) is 18.2 Å². The Morgan fingerprint density at radius 3 is 2.15 bits per heavy atom. The number of para-hydroxylation sites is 1. The molecule has 0 aromatic heterocycles. The molecular formula is C23H28Cl2FN3O4S. The first kappa shape index (κ1) is 27.9. The number of hydrogen-bond donors (Lipinski definition) is 1. The van der Waals surface area contributed by atoms with Gasteiger partial charge in [-0.05, 0) is 37.1 Å². The fraction of sp³-hybridized carbons (Fsp3) is 0.391. The monoisotopic (exact) mass is 531 g/mol. The predicted octanol–water partition coefficient (Wildman–Crippen LogP) is 4.09. The van der Waals surface area contributed by atoms with Crippen molar-refractivity contribution in [1.82, 2.24) is 10.2 Å². The van der Waals surface area contributed by atoms with Gasteiger partial charge in [0.2, 0.25) is 21.8 Å². The van der Waals surface area contributed by atoms with E-state index >= 15 is 0 Å². The number of sulfonamides is 1. The van der Waals surface area contributed by atoms with Crippen molar-refractivity contribution in [2.75, 3.05) is 23.7 Å². The molecule has 1 N–H and O–H groups in total. The minimum Gasteiger partial charge on any atom is -0.354 e. The molecule has 2 amide bonds. The molecule has 0 bridgehead atoms. The van der Waals surface area contributed by atoms with Gasteiger partial charge in [-0.15, -0.1) is 0 Å². The molecule has 186 valence electrons. The van der Waals surface area contributed by atoms with E-state index in [9.17, 15) is 22.4 Å². The highest BCUT2D eigenvalue weighted by molar-refractivity contribution is 7.92. The lowest BCUT2D eigenvalue weighted by molar-refractivity contribution is -0.139. The first-order valence-electron chi connectivity index (χ1n) is 10.5. The molecule has 7 nitrogen and oxygen atoms in total. The number of amides is 2. The Balaban J connectivity index is 2.44. The van der Waals surface area contributed by atoms with E-state index in [0.29, 0.717) is 16.4 Å². The van der Waals surface area contributed by atoms with Crippen molar-refractivity contribution in [1.29, 1.82) is 0 Å². The third-order valence-electron chi connectivity index (χ3n) is 5.04. The minimum absolute atomic E-state index is 0.150. The van der Waals surface area contributed by atoms with Crippen LogP contribution in [-0.2, 0) is 26.2 Å². The maximum absolute atomic E-state index is 14.4. The molecule has 0 aliphatic carbocycles. The lowest BCUT2D eigenvalue weighted by atomic mass is 10.1. The Bertz CT molecular complexity index is 1120. The quantitative estimate of drug-likeness (QED) is 0.500. The summed E-state index contributed by atoms with van der Waals surface area (Å²) >= 11 is 12.6. The Morgan fingerprint density at radius 1 is 1.03 bits per heavy atom. The topological polar surface area (TPSA) is 86.8 Å². The molecule has 0 radical (unpaired) electrons. The second-order valence-corrected chi connectivity index (χ2v) is 11.0. The Labute approximate surface area is 209 Å². The molecule has 0 heterocycles. The van der Waals surface area contributed by atoms with Crippen molar-refractivity contribution < 1.29 is 22.4 Å². The summed E-state index contributed by atoms with van der Waals surface area (Å²) in [6.07, 6.45) is 0.876. The van der Waals surface area contributed by atoms with E-state index in [-0.39, 0.29) is 28.2 Å². The molecule has 0 aliphatic heterocycles. The van der Waals surface area contributed by atoms with Crippen LogP contribution in [0, 0.1) is 11.7 Å². The zero-order valence-corrected chi connectivity index (χ0v) is 21.7. The largest absolute Gasteiger partial charge is 0.354 e. The van der Waals surface area contributed by atoms with Gasteiger partial charge in [0, 0.05) is 28.7 Å².